The first-order chi connectivity index (χ1) is 8.95. The van der Waals surface area contributed by atoms with Crippen molar-refractivity contribution < 1.29 is 40.5 Å². The van der Waals surface area contributed by atoms with E-state index in [0.717, 1.165) is 10.8 Å². The molecule has 0 aromatic heterocycles. The van der Waals surface area contributed by atoms with E-state index in [-0.39, 0.29) is 31.0 Å². The molecule has 1 atom stereocenters. The molecule has 102 valence electrons. The van der Waals surface area contributed by atoms with E-state index in [0.29, 0.717) is 5.56 Å². The third-order valence-electron chi connectivity index (χ3n) is 2.90. The van der Waals surface area contributed by atoms with E-state index >= 15 is 0 Å². The number of hydrogen-bond donors (Lipinski definition) is 0. The normalized spacial score (nSPS) is 12.6. The molecule has 2 rings (SSSR count). The number of carbonyl (C=O) groups excluding carboxylic acids is 1. The molecule has 0 N–H and O–H groups in total. The van der Waals surface area contributed by atoms with Gasteiger partial charge in [0.1, 0.15) is 5.92 Å². The quantitative estimate of drug-likeness (QED) is 0.471. The molecular weight excluding hydrogens is 330 g/mol. The second-order valence-corrected chi connectivity index (χ2v) is 6.44. The summed E-state index contributed by atoms with van der Waals surface area (Å²) >= 11 is 17.8. The van der Waals surface area contributed by atoms with E-state index in [1.807, 2.05) is 36.4 Å². The number of alkyl halides is 3. The van der Waals surface area contributed by atoms with Crippen LogP contribution in [-0.2, 0) is 9.53 Å². The number of methoxy groups -OCH3 is 1. The standard InChI is InChI=1S/C14H11Cl3O2.Na.H/c1-19-13(18)12(14(15,16)17)11-8-4-6-9-5-2-3-7-10(9)11;;/h2-8,12H,1H3;;/q;+1;-1. The Hall–Kier alpha value is 0.0400. The second kappa shape index (κ2) is 7.35. The van der Waals surface area contributed by atoms with Gasteiger partial charge >= 0.3 is 35.5 Å². The van der Waals surface area contributed by atoms with Crippen LogP contribution in [0.15, 0.2) is 42.5 Å². The molecule has 6 heteroatoms. The van der Waals surface area contributed by atoms with Crippen LogP contribution in [0.4, 0.5) is 0 Å². The van der Waals surface area contributed by atoms with Crippen LogP contribution in [0.2, 0.25) is 0 Å². The van der Waals surface area contributed by atoms with Crippen molar-refractivity contribution in [2.45, 2.75) is 9.71 Å². The minimum atomic E-state index is -1.77. The van der Waals surface area contributed by atoms with E-state index in [9.17, 15) is 4.79 Å². The third kappa shape index (κ3) is 3.82. The van der Waals surface area contributed by atoms with E-state index in [4.69, 9.17) is 39.5 Å². The predicted octanol–water partition coefficient (Wildman–Crippen LogP) is 1.58. The minimum absolute atomic E-state index is 0. The Morgan fingerprint density at radius 2 is 1.75 bits per heavy atom. The fraction of sp³-hybridized carbons (Fsp3) is 0.214. The molecule has 0 spiro atoms. The summed E-state index contributed by atoms with van der Waals surface area (Å²) in [6.07, 6.45) is 0. The van der Waals surface area contributed by atoms with Crippen LogP contribution in [0, 0.1) is 0 Å². The molecule has 0 amide bonds. The largest absolute Gasteiger partial charge is 1.00 e. The average Bonchev–Trinajstić information content (AvgIpc) is 2.37. The van der Waals surface area contributed by atoms with Crippen LogP contribution < -0.4 is 29.6 Å². The first kappa shape index (κ1) is 18.1. The summed E-state index contributed by atoms with van der Waals surface area (Å²) in [4.78, 5) is 11.9. The van der Waals surface area contributed by atoms with Gasteiger partial charge in [0.15, 0.2) is 0 Å². The molecule has 0 radical (unpaired) electrons. The van der Waals surface area contributed by atoms with Gasteiger partial charge in [0.2, 0.25) is 3.79 Å². The van der Waals surface area contributed by atoms with Crippen LogP contribution in [0.1, 0.15) is 12.9 Å². The Morgan fingerprint density at radius 3 is 2.35 bits per heavy atom. The Balaban J connectivity index is 0.00000200. The van der Waals surface area contributed by atoms with Crippen molar-refractivity contribution in [1.82, 2.24) is 0 Å². The van der Waals surface area contributed by atoms with Gasteiger partial charge in [0.05, 0.1) is 7.11 Å². The number of esters is 1. The number of rotatable bonds is 2. The summed E-state index contributed by atoms with van der Waals surface area (Å²) in [6.45, 7) is 0. The topological polar surface area (TPSA) is 26.3 Å². The molecule has 2 nitrogen and oxygen atoms in total. The number of hydrogen-bond acceptors (Lipinski definition) is 2. The average molecular weight is 342 g/mol. The number of ether oxygens (including phenoxy) is 1. The fourth-order valence-corrected chi connectivity index (χ4v) is 2.68. The minimum Gasteiger partial charge on any atom is -1.00 e. The summed E-state index contributed by atoms with van der Waals surface area (Å²) in [6, 6.07) is 13.1. The van der Waals surface area contributed by atoms with Gasteiger partial charge in [-0.05, 0) is 16.3 Å². The van der Waals surface area contributed by atoms with Crippen molar-refractivity contribution in [3.05, 3.63) is 48.0 Å². The third-order valence-corrected chi connectivity index (χ3v) is 3.55. The maximum Gasteiger partial charge on any atom is 1.00 e. The molecule has 0 bridgehead atoms. The monoisotopic (exact) mass is 340 g/mol. The van der Waals surface area contributed by atoms with Crippen LogP contribution in [0.5, 0.6) is 0 Å². The smallest absolute Gasteiger partial charge is 1.00 e. The summed E-state index contributed by atoms with van der Waals surface area (Å²) in [5, 5.41) is 1.84. The SMILES string of the molecule is COC(=O)C(c1cccc2ccccc12)C(Cl)(Cl)Cl.[H-].[Na+]. The van der Waals surface area contributed by atoms with Crippen LogP contribution in [-0.4, -0.2) is 16.9 Å². The zero-order chi connectivity index (χ0) is 14.0. The number of benzene rings is 2. The molecule has 2 aromatic carbocycles. The van der Waals surface area contributed by atoms with E-state index in [1.54, 1.807) is 6.07 Å². The van der Waals surface area contributed by atoms with E-state index in [2.05, 4.69) is 0 Å². The molecule has 0 saturated heterocycles. The first-order valence-corrected chi connectivity index (χ1v) is 6.70. The van der Waals surface area contributed by atoms with Gasteiger partial charge in [0, 0.05) is 0 Å². The molecular formula is C14H12Cl3NaO2. The van der Waals surface area contributed by atoms with Crippen molar-refractivity contribution in [3.8, 4) is 0 Å². The van der Waals surface area contributed by atoms with Gasteiger partial charge in [-0.15, -0.1) is 0 Å². The molecule has 1 unspecified atom stereocenters. The summed E-state index contributed by atoms with van der Waals surface area (Å²) in [5.41, 5.74) is 0.643. The van der Waals surface area contributed by atoms with Gasteiger partial charge in [-0.1, -0.05) is 77.3 Å². The van der Waals surface area contributed by atoms with Gasteiger partial charge in [-0.25, -0.2) is 0 Å². The Labute approximate surface area is 156 Å². The molecule has 0 heterocycles. The van der Waals surface area contributed by atoms with E-state index in [1.165, 1.54) is 7.11 Å². The van der Waals surface area contributed by atoms with Gasteiger partial charge in [-0.3, -0.25) is 4.79 Å². The van der Waals surface area contributed by atoms with Gasteiger partial charge in [-0.2, -0.15) is 0 Å². The van der Waals surface area contributed by atoms with Crippen LogP contribution in [0.25, 0.3) is 10.8 Å². The fourth-order valence-electron chi connectivity index (χ4n) is 2.06. The summed E-state index contributed by atoms with van der Waals surface area (Å²) in [7, 11) is 1.27. The van der Waals surface area contributed by atoms with E-state index < -0.39 is 15.7 Å². The molecule has 0 aliphatic heterocycles. The molecule has 0 fully saturated rings. The van der Waals surface area contributed by atoms with Gasteiger partial charge in [0.25, 0.3) is 0 Å². The van der Waals surface area contributed by atoms with Crippen LogP contribution >= 0.6 is 34.8 Å². The van der Waals surface area contributed by atoms with Crippen molar-refractivity contribution in [2.75, 3.05) is 7.11 Å². The Kier molecular flexibility index (Phi) is 6.65. The zero-order valence-electron chi connectivity index (χ0n) is 12.1. The molecule has 0 saturated carbocycles. The van der Waals surface area contributed by atoms with Crippen molar-refractivity contribution in [1.29, 1.82) is 0 Å². The molecule has 0 aliphatic carbocycles. The second-order valence-electron chi connectivity index (χ2n) is 4.07. The van der Waals surface area contributed by atoms with Crippen LogP contribution in [0.3, 0.4) is 0 Å². The van der Waals surface area contributed by atoms with Crippen molar-refractivity contribution in [2.24, 2.45) is 0 Å². The summed E-state index contributed by atoms with van der Waals surface area (Å²) in [5.74, 6) is -1.54. The Bertz CT molecular complexity index is 611. The number of halogens is 3. The van der Waals surface area contributed by atoms with Gasteiger partial charge < -0.3 is 6.16 Å². The Morgan fingerprint density at radius 1 is 1.15 bits per heavy atom. The molecule has 20 heavy (non-hydrogen) atoms. The predicted molar refractivity (Wildman–Crippen MR) is 80.1 cm³/mol. The van der Waals surface area contributed by atoms with Crippen molar-refractivity contribution in [3.63, 3.8) is 0 Å². The number of carbonyl (C=O) groups is 1. The van der Waals surface area contributed by atoms with Crippen molar-refractivity contribution >= 4 is 51.5 Å². The molecule has 0 aliphatic rings. The summed E-state index contributed by atoms with van der Waals surface area (Å²) < 4.78 is 2.98. The first-order valence-electron chi connectivity index (χ1n) is 5.57. The maximum atomic E-state index is 11.9. The zero-order valence-corrected chi connectivity index (χ0v) is 15.3. The maximum absolute atomic E-state index is 11.9. The molecule has 2 aromatic rings. The number of fused-ring (bicyclic) bond motifs is 1.